The molecule has 0 saturated carbocycles. The second kappa shape index (κ2) is 6.41. The molecule has 0 amide bonds. The van der Waals surface area contributed by atoms with Gasteiger partial charge in [0.2, 0.25) is 0 Å². The third kappa shape index (κ3) is 2.81. The number of benzene rings is 2. The first-order valence-electron chi connectivity index (χ1n) is 8.34. The highest BCUT2D eigenvalue weighted by Gasteiger charge is 2.11. The smallest absolute Gasteiger partial charge is 0.195 e. The summed E-state index contributed by atoms with van der Waals surface area (Å²) >= 11 is 0. The van der Waals surface area contributed by atoms with Gasteiger partial charge in [-0.1, -0.05) is 45.0 Å². The van der Waals surface area contributed by atoms with Gasteiger partial charge in [0, 0.05) is 5.56 Å². The SMILES string of the molecule is CCc1ccc(-c2cc3occ(CC)c(=O)c3cc2CC)cc1. The van der Waals surface area contributed by atoms with Crippen LogP contribution < -0.4 is 5.43 Å². The second-order valence-electron chi connectivity index (χ2n) is 5.85. The Morgan fingerprint density at radius 3 is 2.17 bits per heavy atom. The van der Waals surface area contributed by atoms with Crippen molar-refractivity contribution in [2.24, 2.45) is 0 Å². The number of aryl methyl sites for hydroxylation is 3. The van der Waals surface area contributed by atoms with Gasteiger partial charge in [-0.2, -0.15) is 0 Å². The van der Waals surface area contributed by atoms with Crippen LogP contribution in [0.15, 0.2) is 51.9 Å². The molecule has 0 fully saturated rings. The summed E-state index contributed by atoms with van der Waals surface area (Å²) in [6.07, 6.45) is 4.21. The van der Waals surface area contributed by atoms with Crippen molar-refractivity contribution in [3.05, 3.63) is 69.6 Å². The van der Waals surface area contributed by atoms with Crippen molar-refractivity contribution in [3.63, 3.8) is 0 Å². The Kier molecular flexibility index (Phi) is 4.33. The van der Waals surface area contributed by atoms with Gasteiger partial charge in [0.05, 0.1) is 11.6 Å². The van der Waals surface area contributed by atoms with Gasteiger partial charge in [-0.15, -0.1) is 0 Å². The van der Waals surface area contributed by atoms with Crippen molar-refractivity contribution in [1.82, 2.24) is 0 Å². The third-order valence-electron chi connectivity index (χ3n) is 4.50. The zero-order valence-electron chi connectivity index (χ0n) is 14.0. The molecular weight excluding hydrogens is 284 g/mol. The quantitative estimate of drug-likeness (QED) is 0.667. The Labute approximate surface area is 136 Å². The first kappa shape index (κ1) is 15.5. The lowest BCUT2D eigenvalue weighted by Crippen LogP contribution is -2.08. The van der Waals surface area contributed by atoms with Gasteiger partial charge in [-0.05, 0) is 53.6 Å². The maximum atomic E-state index is 12.5. The molecule has 0 aliphatic rings. The molecule has 0 atom stereocenters. The van der Waals surface area contributed by atoms with Crippen molar-refractivity contribution in [1.29, 1.82) is 0 Å². The number of fused-ring (bicyclic) bond motifs is 1. The Morgan fingerprint density at radius 1 is 0.870 bits per heavy atom. The normalized spacial score (nSPS) is 11.1. The summed E-state index contributed by atoms with van der Waals surface area (Å²) < 4.78 is 5.72. The number of hydrogen-bond donors (Lipinski definition) is 0. The zero-order valence-corrected chi connectivity index (χ0v) is 14.0. The van der Waals surface area contributed by atoms with E-state index in [0.29, 0.717) is 17.4 Å². The summed E-state index contributed by atoms with van der Waals surface area (Å²) in [5.74, 6) is 0. The van der Waals surface area contributed by atoms with Gasteiger partial charge in [0.1, 0.15) is 5.58 Å². The molecule has 1 heterocycles. The van der Waals surface area contributed by atoms with Crippen molar-refractivity contribution < 1.29 is 4.42 Å². The Morgan fingerprint density at radius 2 is 1.57 bits per heavy atom. The molecule has 2 aromatic carbocycles. The van der Waals surface area contributed by atoms with E-state index in [0.717, 1.165) is 24.0 Å². The highest BCUT2D eigenvalue weighted by molar-refractivity contribution is 5.85. The van der Waals surface area contributed by atoms with Crippen LogP contribution in [0.1, 0.15) is 37.5 Å². The van der Waals surface area contributed by atoms with Crippen molar-refractivity contribution in [2.45, 2.75) is 40.0 Å². The van der Waals surface area contributed by atoms with Crippen LogP contribution in [-0.4, -0.2) is 0 Å². The molecule has 0 bridgehead atoms. The molecule has 118 valence electrons. The molecule has 3 rings (SSSR count). The first-order chi connectivity index (χ1) is 11.2. The Balaban J connectivity index is 2.22. The van der Waals surface area contributed by atoms with E-state index in [1.165, 1.54) is 16.7 Å². The van der Waals surface area contributed by atoms with Crippen LogP contribution in [0, 0.1) is 0 Å². The summed E-state index contributed by atoms with van der Waals surface area (Å²) in [4.78, 5) is 12.5. The molecular formula is C21H22O2. The predicted octanol–water partition coefficient (Wildman–Crippen LogP) is 5.15. The average molecular weight is 306 g/mol. The van der Waals surface area contributed by atoms with E-state index < -0.39 is 0 Å². The minimum Gasteiger partial charge on any atom is -0.464 e. The summed E-state index contributed by atoms with van der Waals surface area (Å²) in [5.41, 5.74) is 6.32. The summed E-state index contributed by atoms with van der Waals surface area (Å²) in [6, 6.07) is 12.6. The van der Waals surface area contributed by atoms with Crippen molar-refractivity contribution in [3.8, 4) is 11.1 Å². The van der Waals surface area contributed by atoms with Gasteiger partial charge in [-0.25, -0.2) is 0 Å². The topological polar surface area (TPSA) is 30.2 Å². The van der Waals surface area contributed by atoms with Crippen LogP contribution in [0.25, 0.3) is 22.1 Å². The fourth-order valence-corrected chi connectivity index (χ4v) is 2.99. The minimum absolute atomic E-state index is 0.0938. The van der Waals surface area contributed by atoms with Crippen LogP contribution in [0.3, 0.4) is 0 Å². The summed E-state index contributed by atoms with van der Waals surface area (Å²) in [6.45, 7) is 6.25. The lowest BCUT2D eigenvalue weighted by Gasteiger charge is -2.11. The maximum absolute atomic E-state index is 12.5. The monoisotopic (exact) mass is 306 g/mol. The molecule has 0 N–H and O–H groups in total. The summed E-state index contributed by atoms with van der Waals surface area (Å²) in [7, 11) is 0. The van der Waals surface area contributed by atoms with E-state index in [-0.39, 0.29) is 5.43 Å². The van der Waals surface area contributed by atoms with Gasteiger partial charge < -0.3 is 4.42 Å². The van der Waals surface area contributed by atoms with Crippen LogP contribution >= 0.6 is 0 Å². The molecule has 0 spiro atoms. The summed E-state index contributed by atoms with van der Waals surface area (Å²) in [5, 5.41) is 0.690. The van der Waals surface area contributed by atoms with E-state index in [9.17, 15) is 4.79 Å². The largest absolute Gasteiger partial charge is 0.464 e. The Hall–Kier alpha value is -2.35. The van der Waals surface area contributed by atoms with Gasteiger partial charge in [0.15, 0.2) is 5.43 Å². The molecule has 0 aliphatic heterocycles. The van der Waals surface area contributed by atoms with Crippen LogP contribution in [-0.2, 0) is 19.3 Å². The molecule has 3 aromatic rings. The van der Waals surface area contributed by atoms with Gasteiger partial charge in [0.25, 0.3) is 0 Å². The Bertz CT molecular complexity index is 886. The van der Waals surface area contributed by atoms with E-state index in [2.05, 4.69) is 38.1 Å². The molecule has 0 radical (unpaired) electrons. The van der Waals surface area contributed by atoms with Crippen LogP contribution in [0.4, 0.5) is 0 Å². The highest BCUT2D eigenvalue weighted by Crippen LogP contribution is 2.29. The molecule has 1 aromatic heterocycles. The van der Waals surface area contributed by atoms with Crippen LogP contribution in [0.2, 0.25) is 0 Å². The van der Waals surface area contributed by atoms with Crippen molar-refractivity contribution in [2.75, 3.05) is 0 Å². The van der Waals surface area contributed by atoms with E-state index in [1.54, 1.807) is 6.26 Å². The fourth-order valence-electron chi connectivity index (χ4n) is 2.99. The molecule has 0 saturated heterocycles. The lowest BCUT2D eigenvalue weighted by atomic mass is 9.95. The third-order valence-corrected chi connectivity index (χ3v) is 4.50. The first-order valence-corrected chi connectivity index (χ1v) is 8.34. The minimum atomic E-state index is 0.0938. The standard InChI is InChI=1S/C21H22O2/c1-4-14-7-9-17(10-8-14)18-12-20-19(11-15(18)5-2)21(22)16(6-3)13-23-20/h7-13H,4-6H2,1-3H3. The number of rotatable bonds is 4. The molecule has 23 heavy (non-hydrogen) atoms. The second-order valence-corrected chi connectivity index (χ2v) is 5.85. The zero-order chi connectivity index (χ0) is 16.4. The van der Waals surface area contributed by atoms with E-state index in [4.69, 9.17) is 4.42 Å². The molecule has 0 aliphatic carbocycles. The highest BCUT2D eigenvalue weighted by atomic mass is 16.3. The molecule has 2 heteroatoms. The van der Waals surface area contributed by atoms with E-state index >= 15 is 0 Å². The predicted molar refractivity (Wildman–Crippen MR) is 96.1 cm³/mol. The maximum Gasteiger partial charge on any atom is 0.195 e. The molecule has 2 nitrogen and oxygen atoms in total. The van der Waals surface area contributed by atoms with Crippen molar-refractivity contribution >= 4 is 11.0 Å². The lowest BCUT2D eigenvalue weighted by molar-refractivity contribution is 0.593. The van der Waals surface area contributed by atoms with Crippen LogP contribution in [0.5, 0.6) is 0 Å². The van der Waals surface area contributed by atoms with Gasteiger partial charge >= 0.3 is 0 Å². The average Bonchev–Trinajstić information content (AvgIpc) is 2.61. The fraction of sp³-hybridized carbons (Fsp3) is 0.286. The number of hydrogen-bond acceptors (Lipinski definition) is 2. The molecule has 0 unspecified atom stereocenters. The van der Waals surface area contributed by atoms with Gasteiger partial charge in [-0.3, -0.25) is 4.79 Å². The van der Waals surface area contributed by atoms with E-state index in [1.807, 2.05) is 19.1 Å².